The van der Waals surface area contributed by atoms with Crippen LogP contribution in [-0.2, 0) is 0 Å². The van der Waals surface area contributed by atoms with E-state index in [1.54, 1.807) is 0 Å². The summed E-state index contributed by atoms with van der Waals surface area (Å²) in [5.41, 5.74) is 6.45. The average molecular weight is 461 g/mol. The number of para-hydroxylation sites is 4. The molecule has 0 aliphatic heterocycles. The lowest BCUT2D eigenvalue weighted by atomic mass is 10.1. The van der Waals surface area contributed by atoms with Crippen LogP contribution in [0.1, 0.15) is 0 Å². The molecule has 0 unspecified atom stereocenters. The van der Waals surface area contributed by atoms with Crippen molar-refractivity contribution < 1.29 is 0 Å². The second-order valence-corrected chi connectivity index (χ2v) is 9.13. The number of hydrogen-bond donors (Lipinski definition) is 0. The molecule has 0 spiro atoms. The lowest BCUT2D eigenvalue weighted by molar-refractivity contribution is 1.10. The van der Waals surface area contributed by atoms with Gasteiger partial charge < -0.3 is 4.57 Å². The Morgan fingerprint density at radius 3 is 1.61 bits per heavy atom. The smallest absolute Gasteiger partial charge is 0.170 e. The first-order valence-corrected chi connectivity index (χ1v) is 12.1. The summed E-state index contributed by atoms with van der Waals surface area (Å²) >= 11 is 0. The van der Waals surface area contributed by atoms with Crippen molar-refractivity contribution in [1.29, 1.82) is 0 Å². The predicted octanol–water partition coefficient (Wildman–Crippen LogP) is 7.80. The van der Waals surface area contributed by atoms with Gasteiger partial charge in [-0.05, 0) is 35.7 Å². The topological polar surface area (TPSA) is 35.1 Å². The van der Waals surface area contributed by atoms with E-state index in [1.165, 1.54) is 32.6 Å². The summed E-state index contributed by atoms with van der Waals surface area (Å²) in [6.45, 7) is 0. The van der Waals surface area contributed by atoms with Crippen LogP contribution in [-0.4, -0.2) is 19.2 Å². The van der Waals surface area contributed by atoms with Crippen LogP contribution in [0.15, 0.2) is 121 Å². The Bertz CT molecular complexity index is 2060. The predicted molar refractivity (Wildman–Crippen MR) is 148 cm³/mol. The Morgan fingerprint density at radius 2 is 0.917 bits per heavy atom. The summed E-state index contributed by atoms with van der Waals surface area (Å²) in [4.78, 5) is 0. The molecule has 0 fully saturated rings. The fraction of sp³-hybridized carbons (Fsp3) is 0. The summed E-state index contributed by atoms with van der Waals surface area (Å²) in [6, 6.07) is 42.7. The molecule has 0 saturated carbocycles. The maximum absolute atomic E-state index is 4.80. The molecule has 0 radical (unpaired) electrons. The highest BCUT2D eigenvalue weighted by Gasteiger charge is 2.20. The second kappa shape index (κ2) is 7.27. The highest BCUT2D eigenvalue weighted by molar-refractivity contribution is 6.12. The molecule has 0 aliphatic rings. The van der Waals surface area contributed by atoms with Gasteiger partial charge in [0.05, 0.1) is 22.2 Å². The van der Waals surface area contributed by atoms with Gasteiger partial charge in [0.15, 0.2) is 11.5 Å². The SMILES string of the molecule is c1ccc(-n2c3ccccc3c3ccccc32)c(-c2nnc3c4ccccc4c4ccccc4n23)c1. The summed E-state index contributed by atoms with van der Waals surface area (Å²) in [5, 5.41) is 15.5. The number of benzene rings is 5. The van der Waals surface area contributed by atoms with E-state index in [1.807, 2.05) is 0 Å². The highest BCUT2D eigenvalue weighted by Crippen LogP contribution is 2.37. The molecule has 4 nitrogen and oxygen atoms in total. The van der Waals surface area contributed by atoms with Crippen LogP contribution in [0.3, 0.4) is 0 Å². The molecule has 0 bridgehead atoms. The lowest BCUT2D eigenvalue weighted by Crippen LogP contribution is -2.00. The summed E-state index contributed by atoms with van der Waals surface area (Å²) in [7, 11) is 0. The molecule has 8 aromatic rings. The van der Waals surface area contributed by atoms with Crippen molar-refractivity contribution in [3.63, 3.8) is 0 Å². The van der Waals surface area contributed by atoms with Crippen LogP contribution >= 0.6 is 0 Å². The third-order valence-electron chi connectivity index (χ3n) is 7.23. The molecule has 0 atom stereocenters. The molecular weight excluding hydrogens is 440 g/mol. The number of rotatable bonds is 2. The minimum absolute atomic E-state index is 0.837. The van der Waals surface area contributed by atoms with Crippen LogP contribution in [0.5, 0.6) is 0 Å². The molecule has 5 aromatic carbocycles. The molecular formula is C32H20N4. The maximum atomic E-state index is 4.80. The molecule has 0 amide bonds. The average Bonchev–Trinajstić information content (AvgIpc) is 3.54. The van der Waals surface area contributed by atoms with Gasteiger partial charge in [-0.2, -0.15) is 0 Å². The van der Waals surface area contributed by atoms with Gasteiger partial charge in [0, 0.05) is 27.1 Å². The summed E-state index contributed by atoms with van der Waals surface area (Å²) in [6.07, 6.45) is 0. The Hall–Kier alpha value is -4.96. The lowest BCUT2D eigenvalue weighted by Gasteiger charge is -2.14. The van der Waals surface area contributed by atoms with Gasteiger partial charge in [0.25, 0.3) is 0 Å². The molecule has 3 aromatic heterocycles. The van der Waals surface area contributed by atoms with Crippen LogP contribution in [0, 0.1) is 0 Å². The van der Waals surface area contributed by atoms with Gasteiger partial charge >= 0.3 is 0 Å². The van der Waals surface area contributed by atoms with E-state index in [9.17, 15) is 0 Å². The molecule has 168 valence electrons. The Kier molecular flexibility index (Phi) is 3.91. The first kappa shape index (κ1) is 19.4. The van der Waals surface area contributed by atoms with Crippen molar-refractivity contribution in [2.75, 3.05) is 0 Å². The van der Waals surface area contributed by atoms with Gasteiger partial charge in [0.1, 0.15) is 0 Å². The van der Waals surface area contributed by atoms with Crippen LogP contribution in [0.2, 0.25) is 0 Å². The van der Waals surface area contributed by atoms with Crippen molar-refractivity contribution in [3.8, 4) is 17.1 Å². The van der Waals surface area contributed by atoms with E-state index in [0.717, 1.165) is 33.6 Å². The van der Waals surface area contributed by atoms with E-state index in [2.05, 4.69) is 130 Å². The zero-order valence-electron chi connectivity index (χ0n) is 19.3. The Balaban J connectivity index is 1.53. The van der Waals surface area contributed by atoms with Crippen LogP contribution < -0.4 is 0 Å². The third kappa shape index (κ3) is 2.53. The molecule has 4 heteroatoms. The van der Waals surface area contributed by atoms with Crippen LogP contribution in [0.25, 0.3) is 66.2 Å². The number of hydrogen-bond acceptors (Lipinski definition) is 2. The van der Waals surface area contributed by atoms with Crippen molar-refractivity contribution in [1.82, 2.24) is 19.2 Å². The molecule has 3 heterocycles. The zero-order chi connectivity index (χ0) is 23.6. The largest absolute Gasteiger partial charge is 0.309 e. The summed E-state index contributed by atoms with van der Waals surface area (Å²) in [5.74, 6) is 0.837. The molecule has 8 rings (SSSR count). The van der Waals surface area contributed by atoms with Crippen molar-refractivity contribution >= 4 is 49.1 Å². The maximum Gasteiger partial charge on any atom is 0.170 e. The third-order valence-corrected chi connectivity index (χ3v) is 7.23. The minimum Gasteiger partial charge on any atom is -0.309 e. The molecule has 0 N–H and O–H groups in total. The van der Waals surface area contributed by atoms with E-state index in [0.29, 0.717) is 0 Å². The van der Waals surface area contributed by atoms with Crippen molar-refractivity contribution in [2.45, 2.75) is 0 Å². The van der Waals surface area contributed by atoms with Gasteiger partial charge in [-0.15, -0.1) is 10.2 Å². The number of aromatic nitrogens is 4. The molecule has 0 saturated heterocycles. The van der Waals surface area contributed by atoms with Gasteiger partial charge in [-0.1, -0.05) is 91.0 Å². The zero-order valence-corrected chi connectivity index (χ0v) is 19.3. The van der Waals surface area contributed by atoms with E-state index >= 15 is 0 Å². The summed E-state index contributed by atoms with van der Waals surface area (Å²) < 4.78 is 4.56. The number of nitrogens with zero attached hydrogens (tertiary/aromatic N) is 4. The normalized spacial score (nSPS) is 11.9. The van der Waals surface area contributed by atoms with Crippen molar-refractivity contribution in [2.24, 2.45) is 0 Å². The monoisotopic (exact) mass is 460 g/mol. The molecule has 0 aliphatic carbocycles. The highest BCUT2D eigenvalue weighted by atomic mass is 15.3. The van der Waals surface area contributed by atoms with Crippen LogP contribution in [0.4, 0.5) is 0 Å². The molecule has 36 heavy (non-hydrogen) atoms. The first-order chi connectivity index (χ1) is 17.9. The second-order valence-electron chi connectivity index (χ2n) is 9.13. The minimum atomic E-state index is 0.837. The Morgan fingerprint density at radius 1 is 0.417 bits per heavy atom. The number of pyridine rings is 1. The van der Waals surface area contributed by atoms with Gasteiger partial charge in [-0.3, -0.25) is 4.40 Å². The number of fused-ring (bicyclic) bond motifs is 9. The standard InChI is InChI=1S/C32H20N4/c1-2-15-25-21(11-1)22-12-3-9-19-29(22)36-31(25)33-34-32(36)26-16-6-10-20-30(26)35-27-17-7-4-13-23(27)24-14-5-8-18-28(24)35/h1-20H. The fourth-order valence-corrected chi connectivity index (χ4v) is 5.71. The van der Waals surface area contributed by atoms with E-state index in [-0.39, 0.29) is 0 Å². The quantitative estimate of drug-likeness (QED) is 0.247. The Labute approximate surface area is 206 Å². The van der Waals surface area contributed by atoms with Crippen molar-refractivity contribution in [3.05, 3.63) is 121 Å². The van der Waals surface area contributed by atoms with E-state index < -0.39 is 0 Å². The van der Waals surface area contributed by atoms with Gasteiger partial charge in [-0.25, -0.2) is 0 Å². The van der Waals surface area contributed by atoms with Gasteiger partial charge in [0.2, 0.25) is 0 Å². The van der Waals surface area contributed by atoms with E-state index in [4.69, 9.17) is 10.2 Å². The fourth-order valence-electron chi connectivity index (χ4n) is 5.71. The first-order valence-electron chi connectivity index (χ1n) is 12.1.